The Kier molecular flexibility index (Phi) is 6.04. The van der Waals surface area contributed by atoms with Crippen LogP contribution in [0.2, 0.25) is 0 Å². The van der Waals surface area contributed by atoms with Gasteiger partial charge in [-0.15, -0.1) is 0 Å². The number of ketones is 1. The van der Waals surface area contributed by atoms with E-state index in [0.717, 1.165) is 19.3 Å². The second-order valence-electron chi connectivity index (χ2n) is 7.05. The zero-order valence-corrected chi connectivity index (χ0v) is 14.4. The normalized spacial score (nSPS) is 29.8. The molecule has 5 unspecified atom stereocenters. The highest BCUT2D eigenvalue weighted by molar-refractivity contribution is 5.82. The first kappa shape index (κ1) is 17.6. The molecule has 2 heterocycles. The first-order valence-electron chi connectivity index (χ1n) is 9.17. The average molecular weight is 332 g/mol. The third-order valence-electron chi connectivity index (χ3n) is 5.49. The lowest BCUT2D eigenvalue weighted by Crippen LogP contribution is -2.32. The highest BCUT2D eigenvalue weighted by Gasteiger charge is 2.48. The predicted octanol–water partition coefficient (Wildman–Crippen LogP) is 3.12. The van der Waals surface area contributed by atoms with Gasteiger partial charge in [0, 0.05) is 12.3 Å². The molecule has 0 spiro atoms. The SMILES string of the molecule is CCC(O)C(=O)CCC1C2CCC(O2)C1COCc1ccccc1. The van der Waals surface area contributed by atoms with Crippen LogP contribution in [0.4, 0.5) is 0 Å². The summed E-state index contributed by atoms with van der Waals surface area (Å²) in [6, 6.07) is 10.2. The number of aliphatic hydroxyl groups excluding tert-OH is 1. The van der Waals surface area contributed by atoms with Crippen LogP contribution in [0.1, 0.15) is 44.6 Å². The zero-order valence-electron chi connectivity index (χ0n) is 14.4. The minimum Gasteiger partial charge on any atom is -0.385 e. The number of carbonyl (C=O) groups excluding carboxylic acids is 1. The highest BCUT2D eigenvalue weighted by Crippen LogP contribution is 2.45. The summed E-state index contributed by atoms with van der Waals surface area (Å²) in [4.78, 5) is 11.9. The molecule has 2 aliphatic rings. The van der Waals surface area contributed by atoms with Gasteiger partial charge < -0.3 is 14.6 Å². The summed E-state index contributed by atoms with van der Waals surface area (Å²) in [5.74, 6) is 0.718. The van der Waals surface area contributed by atoms with Crippen LogP contribution < -0.4 is 0 Å². The summed E-state index contributed by atoms with van der Waals surface area (Å²) in [5, 5.41) is 9.66. The molecule has 4 nitrogen and oxygen atoms in total. The quantitative estimate of drug-likeness (QED) is 0.755. The number of carbonyl (C=O) groups is 1. The molecule has 5 atom stereocenters. The number of rotatable bonds is 9. The largest absolute Gasteiger partial charge is 0.385 e. The van der Waals surface area contributed by atoms with Gasteiger partial charge in [-0.25, -0.2) is 0 Å². The first-order chi connectivity index (χ1) is 11.7. The maximum atomic E-state index is 11.9. The standard InChI is InChI=1S/C20H28O4/c1-2-17(21)18(22)9-8-15-16(20-11-10-19(15)24-20)13-23-12-14-6-4-3-5-7-14/h3-7,15-17,19-21H,2,8-13H2,1H3. The number of aliphatic hydroxyl groups is 1. The molecule has 1 aromatic rings. The van der Waals surface area contributed by atoms with Gasteiger partial charge in [0.15, 0.2) is 5.78 Å². The van der Waals surface area contributed by atoms with Crippen LogP contribution in [0.15, 0.2) is 30.3 Å². The van der Waals surface area contributed by atoms with Crippen LogP contribution in [0, 0.1) is 11.8 Å². The van der Waals surface area contributed by atoms with Gasteiger partial charge in [-0.1, -0.05) is 37.3 Å². The molecule has 4 heteroatoms. The Hall–Kier alpha value is -1.23. The van der Waals surface area contributed by atoms with Crippen molar-refractivity contribution in [2.45, 2.75) is 63.9 Å². The Morgan fingerprint density at radius 3 is 2.67 bits per heavy atom. The lowest BCUT2D eigenvalue weighted by molar-refractivity contribution is -0.127. The first-order valence-corrected chi connectivity index (χ1v) is 9.17. The van der Waals surface area contributed by atoms with Crippen LogP contribution in [0.5, 0.6) is 0 Å². The zero-order chi connectivity index (χ0) is 16.9. The van der Waals surface area contributed by atoms with Gasteiger partial charge in [0.1, 0.15) is 6.10 Å². The highest BCUT2D eigenvalue weighted by atomic mass is 16.5. The third-order valence-corrected chi connectivity index (χ3v) is 5.49. The Bertz CT molecular complexity index is 530. The molecule has 1 N–H and O–H groups in total. The molecular weight excluding hydrogens is 304 g/mol. The van der Waals surface area contributed by atoms with Crippen molar-refractivity contribution in [3.05, 3.63) is 35.9 Å². The summed E-state index contributed by atoms with van der Waals surface area (Å²) >= 11 is 0. The van der Waals surface area contributed by atoms with Crippen LogP contribution in [0.3, 0.4) is 0 Å². The van der Waals surface area contributed by atoms with Crippen molar-refractivity contribution in [1.29, 1.82) is 0 Å². The van der Waals surface area contributed by atoms with Gasteiger partial charge in [0.05, 0.1) is 25.4 Å². The fraction of sp³-hybridized carbons (Fsp3) is 0.650. The van der Waals surface area contributed by atoms with E-state index in [1.54, 1.807) is 0 Å². The molecule has 0 radical (unpaired) electrons. The van der Waals surface area contributed by atoms with Gasteiger partial charge in [-0.2, -0.15) is 0 Å². The van der Waals surface area contributed by atoms with Crippen LogP contribution in [-0.2, 0) is 20.9 Å². The van der Waals surface area contributed by atoms with Gasteiger partial charge >= 0.3 is 0 Å². The predicted molar refractivity (Wildman–Crippen MR) is 91.5 cm³/mol. The molecule has 0 amide bonds. The van der Waals surface area contributed by atoms with E-state index < -0.39 is 6.10 Å². The smallest absolute Gasteiger partial charge is 0.161 e. The van der Waals surface area contributed by atoms with Gasteiger partial charge in [-0.05, 0) is 37.2 Å². The lowest BCUT2D eigenvalue weighted by atomic mass is 9.77. The molecule has 24 heavy (non-hydrogen) atoms. The third kappa shape index (κ3) is 4.05. The fourth-order valence-corrected chi connectivity index (χ4v) is 4.09. The number of benzene rings is 1. The summed E-state index contributed by atoms with van der Waals surface area (Å²) in [5.41, 5.74) is 1.18. The molecule has 0 aliphatic carbocycles. The van der Waals surface area contributed by atoms with Crippen molar-refractivity contribution in [3.63, 3.8) is 0 Å². The van der Waals surface area contributed by atoms with E-state index in [9.17, 15) is 9.90 Å². The summed E-state index contributed by atoms with van der Waals surface area (Å²) in [6.45, 7) is 3.14. The Balaban J connectivity index is 1.50. The Morgan fingerprint density at radius 2 is 1.96 bits per heavy atom. The van der Waals surface area contributed by atoms with E-state index in [2.05, 4.69) is 12.1 Å². The molecule has 2 saturated heterocycles. The maximum absolute atomic E-state index is 11.9. The van der Waals surface area contributed by atoms with Crippen molar-refractivity contribution in [2.75, 3.05) is 6.61 Å². The van der Waals surface area contributed by atoms with Crippen LogP contribution in [0.25, 0.3) is 0 Å². The number of hydrogen-bond acceptors (Lipinski definition) is 4. The van der Waals surface area contributed by atoms with Gasteiger partial charge in [0.2, 0.25) is 0 Å². The summed E-state index contributed by atoms with van der Waals surface area (Å²) in [7, 11) is 0. The summed E-state index contributed by atoms with van der Waals surface area (Å²) in [6.07, 6.45) is 3.68. The minimum absolute atomic E-state index is 0.0378. The Labute approximate surface area is 144 Å². The molecule has 132 valence electrons. The van der Waals surface area contributed by atoms with Crippen molar-refractivity contribution >= 4 is 5.78 Å². The molecule has 2 fully saturated rings. The molecule has 3 rings (SSSR count). The van der Waals surface area contributed by atoms with Crippen molar-refractivity contribution in [2.24, 2.45) is 11.8 Å². The average Bonchev–Trinajstić information content (AvgIpc) is 3.21. The molecule has 0 aromatic heterocycles. The van der Waals surface area contributed by atoms with Crippen molar-refractivity contribution in [1.82, 2.24) is 0 Å². The molecule has 1 aromatic carbocycles. The van der Waals surface area contributed by atoms with Crippen LogP contribution in [-0.4, -0.2) is 35.8 Å². The van der Waals surface area contributed by atoms with E-state index >= 15 is 0 Å². The minimum atomic E-state index is -0.808. The van der Waals surface area contributed by atoms with Crippen molar-refractivity contribution in [3.8, 4) is 0 Å². The second-order valence-corrected chi connectivity index (χ2v) is 7.05. The number of Topliss-reactive ketones (excluding diaryl/α,β-unsaturated/α-hetero) is 1. The number of fused-ring (bicyclic) bond motifs is 2. The van der Waals surface area contributed by atoms with E-state index in [1.807, 2.05) is 25.1 Å². The molecule has 2 bridgehead atoms. The molecule has 0 saturated carbocycles. The van der Waals surface area contributed by atoms with E-state index in [1.165, 1.54) is 5.56 Å². The second kappa shape index (κ2) is 8.24. The van der Waals surface area contributed by atoms with E-state index in [-0.39, 0.29) is 18.0 Å². The van der Waals surface area contributed by atoms with Gasteiger partial charge in [0.25, 0.3) is 0 Å². The number of ether oxygens (including phenoxy) is 2. The van der Waals surface area contributed by atoms with Gasteiger partial charge in [-0.3, -0.25) is 4.79 Å². The number of hydrogen-bond donors (Lipinski definition) is 1. The van der Waals surface area contributed by atoms with E-state index in [4.69, 9.17) is 9.47 Å². The monoisotopic (exact) mass is 332 g/mol. The van der Waals surface area contributed by atoms with Crippen LogP contribution >= 0.6 is 0 Å². The molecular formula is C20H28O4. The Morgan fingerprint density at radius 1 is 1.25 bits per heavy atom. The van der Waals surface area contributed by atoms with E-state index in [0.29, 0.717) is 37.9 Å². The fourth-order valence-electron chi connectivity index (χ4n) is 4.09. The summed E-state index contributed by atoms with van der Waals surface area (Å²) < 4.78 is 12.0. The lowest BCUT2D eigenvalue weighted by Gasteiger charge is -2.28. The maximum Gasteiger partial charge on any atom is 0.161 e. The topological polar surface area (TPSA) is 55.8 Å². The van der Waals surface area contributed by atoms with Crippen molar-refractivity contribution < 1.29 is 19.4 Å². The molecule has 2 aliphatic heterocycles.